The first-order valence-corrected chi connectivity index (χ1v) is 7.61. The molecular weight excluding hydrogens is 312 g/mol. The standard InChI is InChI=1S/C16H20F4N2O/c17-14-4-2-1-3-11(14)9-13(21)10-15(23)22-7-5-12(6-8-22)16(18,19)20/h1-4,12-13H,5-10,21H2/t13-/m1/s1. The Morgan fingerprint density at radius 2 is 1.87 bits per heavy atom. The van der Waals surface area contributed by atoms with E-state index in [9.17, 15) is 22.4 Å². The first kappa shape index (κ1) is 17.7. The van der Waals surface area contributed by atoms with E-state index in [-0.39, 0.29) is 50.5 Å². The fourth-order valence-electron chi connectivity index (χ4n) is 2.83. The van der Waals surface area contributed by atoms with E-state index in [1.54, 1.807) is 18.2 Å². The van der Waals surface area contributed by atoms with E-state index in [0.29, 0.717) is 5.56 Å². The maximum atomic E-state index is 13.5. The van der Waals surface area contributed by atoms with Crippen molar-refractivity contribution in [2.45, 2.75) is 37.9 Å². The zero-order valence-electron chi connectivity index (χ0n) is 12.7. The maximum Gasteiger partial charge on any atom is 0.391 e. The Morgan fingerprint density at radius 1 is 1.26 bits per heavy atom. The molecule has 1 aromatic carbocycles. The number of amides is 1. The van der Waals surface area contributed by atoms with Crippen molar-refractivity contribution in [3.8, 4) is 0 Å². The summed E-state index contributed by atoms with van der Waals surface area (Å²) in [6.45, 7) is 0.185. The molecule has 2 rings (SSSR count). The van der Waals surface area contributed by atoms with Gasteiger partial charge in [-0.05, 0) is 30.9 Å². The number of nitrogens with zero attached hydrogens (tertiary/aromatic N) is 1. The zero-order valence-corrected chi connectivity index (χ0v) is 12.7. The number of rotatable bonds is 4. The van der Waals surface area contributed by atoms with Crippen molar-refractivity contribution in [3.63, 3.8) is 0 Å². The number of alkyl halides is 3. The zero-order chi connectivity index (χ0) is 17.0. The van der Waals surface area contributed by atoms with Gasteiger partial charge in [0.05, 0.1) is 5.92 Å². The highest BCUT2D eigenvalue weighted by Crippen LogP contribution is 2.34. The average Bonchev–Trinajstić information content (AvgIpc) is 2.49. The molecule has 1 aliphatic heterocycles. The van der Waals surface area contributed by atoms with Crippen LogP contribution in [-0.2, 0) is 11.2 Å². The Labute approximate surface area is 132 Å². The average molecular weight is 332 g/mol. The molecule has 23 heavy (non-hydrogen) atoms. The minimum Gasteiger partial charge on any atom is -0.343 e. The van der Waals surface area contributed by atoms with Crippen LogP contribution in [0.4, 0.5) is 17.6 Å². The van der Waals surface area contributed by atoms with Crippen LogP contribution in [-0.4, -0.2) is 36.1 Å². The summed E-state index contributed by atoms with van der Waals surface area (Å²) >= 11 is 0. The molecule has 1 saturated heterocycles. The Balaban J connectivity index is 1.82. The lowest BCUT2D eigenvalue weighted by molar-refractivity contribution is -0.186. The fourth-order valence-corrected chi connectivity index (χ4v) is 2.83. The molecule has 7 heteroatoms. The molecule has 0 aromatic heterocycles. The molecule has 1 amide bonds. The van der Waals surface area contributed by atoms with E-state index >= 15 is 0 Å². The summed E-state index contributed by atoms with van der Waals surface area (Å²) in [5.74, 6) is -1.98. The Bertz CT molecular complexity index is 539. The molecule has 128 valence electrons. The van der Waals surface area contributed by atoms with Gasteiger partial charge in [0.1, 0.15) is 5.82 Å². The van der Waals surface area contributed by atoms with Crippen LogP contribution in [0.15, 0.2) is 24.3 Å². The van der Waals surface area contributed by atoms with Crippen molar-refractivity contribution in [3.05, 3.63) is 35.6 Å². The van der Waals surface area contributed by atoms with E-state index in [0.717, 1.165) is 0 Å². The van der Waals surface area contributed by atoms with E-state index in [1.807, 2.05) is 0 Å². The molecule has 0 radical (unpaired) electrons. The second-order valence-electron chi connectivity index (χ2n) is 5.96. The summed E-state index contributed by atoms with van der Waals surface area (Å²) in [4.78, 5) is 13.5. The van der Waals surface area contributed by atoms with Crippen LogP contribution in [0, 0.1) is 11.7 Å². The lowest BCUT2D eigenvalue weighted by atomic mass is 9.95. The predicted molar refractivity (Wildman–Crippen MR) is 78.1 cm³/mol. The van der Waals surface area contributed by atoms with Crippen LogP contribution in [0.3, 0.4) is 0 Å². The molecule has 1 aliphatic rings. The number of hydrogen-bond acceptors (Lipinski definition) is 2. The van der Waals surface area contributed by atoms with Gasteiger partial charge >= 0.3 is 6.18 Å². The van der Waals surface area contributed by atoms with Gasteiger partial charge in [-0.1, -0.05) is 18.2 Å². The molecule has 1 fully saturated rings. The van der Waals surface area contributed by atoms with Crippen LogP contribution in [0.25, 0.3) is 0 Å². The molecule has 2 N–H and O–H groups in total. The van der Waals surface area contributed by atoms with Gasteiger partial charge in [-0.25, -0.2) is 4.39 Å². The monoisotopic (exact) mass is 332 g/mol. The number of nitrogens with two attached hydrogens (primary N) is 1. The third-order valence-electron chi connectivity index (χ3n) is 4.19. The topological polar surface area (TPSA) is 46.3 Å². The quantitative estimate of drug-likeness (QED) is 0.862. The summed E-state index contributed by atoms with van der Waals surface area (Å²) in [7, 11) is 0. The van der Waals surface area contributed by atoms with E-state index in [1.165, 1.54) is 11.0 Å². The second-order valence-corrected chi connectivity index (χ2v) is 5.96. The summed E-state index contributed by atoms with van der Waals surface area (Å²) < 4.78 is 51.3. The van der Waals surface area contributed by atoms with Crippen LogP contribution in [0.2, 0.25) is 0 Å². The van der Waals surface area contributed by atoms with E-state index in [2.05, 4.69) is 0 Å². The van der Waals surface area contributed by atoms with Crippen molar-refractivity contribution in [2.75, 3.05) is 13.1 Å². The maximum absolute atomic E-state index is 13.5. The highest BCUT2D eigenvalue weighted by Gasteiger charge is 2.41. The Hall–Kier alpha value is -1.63. The molecular formula is C16H20F4N2O. The van der Waals surface area contributed by atoms with Gasteiger partial charge in [0.25, 0.3) is 0 Å². The summed E-state index contributed by atoms with van der Waals surface area (Å²) in [6.07, 6.45) is -4.12. The number of carbonyl (C=O) groups excluding carboxylic acids is 1. The summed E-state index contributed by atoms with van der Waals surface area (Å²) in [5, 5.41) is 0. The normalized spacial score (nSPS) is 18.0. The first-order chi connectivity index (χ1) is 10.8. The summed E-state index contributed by atoms with van der Waals surface area (Å²) in [5.41, 5.74) is 6.32. The highest BCUT2D eigenvalue weighted by atomic mass is 19.4. The molecule has 0 saturated carbocycles. The highest BCUT2D eigenvalue weighted by molar-refractivity contribution is 5.77. The van der Waals surface area contributed by atoms with Gasteiger partial charge in [0.15, 0.2) is 0 Å². The molecule has 0 unspecified atom stereocenters. The minimum absolute atomic E-state index is 0.00498. The van der Waals surface area contributed by atoms with Crippen molar-refractivity contribution in [1.29, 1.82) is 0 Å². The molecule has 0 spiro atoms. The summed E-state index contributed by atoms with van der Waals surface area (Å²) in [6, 6.07) is 5.63. The van der Waals surface area contributed by atoms with Crippen molar-refractivity contribution < 1.29 is 22.4 Å². The Morgan fingerprint density at radius 3 is 2.43 bits per heavy atom. The number of hydrogen-bond donors (Lipinski definition) is 1. The number of piperidine rings is 1. The number of carbonyl (C=O) groups is 1. The van der Waals surface area contributed by atoms with Crippen LogP contribution in [0.1, 0.15) is 24.8 Å². The lowest BCUT2D eigenvalue weighted by Crippen LogP contribution is -2.44. The van der Waals surface area contributed by atoms with Gasteiger partial charge in [-0.2, -0.15) is 13.2 Å². The second kappa shape index (κ2) is 7.29. The molecule has 3 nitrogen and oxygen atoms in total. The minimum atomic E-state index is -4.20. The molecule has 0 bridgehead atoms. The third-order valence-corrected chi connectivity index (χ3v) is 4.19. The number of likely N-dealkylation sites (tertiary alicyclic amines) is 1. The molecule has 0 aliphatic carbocycles. The smallest absolute Gasteiger partial charge is 0.343 e. The first-order valence-electron chi connectivity index (χ1n) is 7.61. The van der Waals surface area contributed by atoms with E-state index < -0.39 is 18.1 Å². The van der Waals surface area contributed by atoms with Crippen LogP contribution >= 0.6 is 0 Å². The fraction of sp³-hybridized carbons (Fsp3) is 0.562. The SMILES string of the molecule is N[C@@H](CC(=O)N1CCC(C(F)(F)F)CC1)Cc1ccccc1F. The van der Waals surface area contributed by atoms with Gasteiger partial charge in [0.2, 0.25) is 5.91 Å². The van der Waals surface area contributed by atoms with E-state index in [4.69, 9.17) is 5.73 Å². The van der Waals surface area contributed by atoms with Crippen LogP contribution in [0.5, 0.6) is 0 Å². The van der Waals surface area contributed by atoms with Crippen molar-refractivity contribution >= 4 is 5.91 Å². The van der Waals surface area contributed by atoms with Gasteiger partial charge in [-0.15, -0.1) is 0 Å². The van der Waals surface area contributed by atoms with Gasteiger partial charge in [0, 0.05) is 25.6 Å². The van der Waals surface area contributed by atoms with Crippen molar-refractivity contribution in [1.82, 2.24) is 4.90 Å². The molecule has 1 heterocycles. The number of halogens is 4. The number of benzene rings is 1. The largest absolute Gasteiger partial charge is 0.391 e. The van der Waals surface area contributed by atoms with Gasteiger partial charge in [-0.3, -0.25) is 4.79 Å². The van der Waals surface area contributed by atoms with Crippen molar-refractivity contribution in [2.24, 2.45) is 11.7 Å². The lowest BCUT2D eigenvalue weighted by Gasteiger charge is -2.33. The van der Waals surface area contributed by atoms with Gasteiger partial charge < -0.3 is 10.6 Å². The predicted octanol–water partition coefficient (Wildman–Crippen LogP) is 2.89. The Kier molecular flexibility index (Phi) is 5.62. The van der Waals surface area contributed by atoms with Crippen LogP contribution < -0.4 is 5.73 Å². The molecule has 1 atom stereocenters. The third kappa shape index (κ3) is 4.92. The molecule has 1 aromatic rings.